The van der Waals surface area contributed by atoms with Gasteiger partial charge in [-0.25, -0.2) is 4.79 Å². The number of amides is 2. The Labute approximate surface area is 224 Å². The van der Waals surface area contributed by atoms with Crippen molar-refractivity contribution >= 4 is 40.2 Å². The quantitative estimate of drug-likeness (QED) is 0.186. The Balaban J connectivity index is 1.40. The first-order chi connectivity index (χ1) is 18.9. The third kappa shape index (κ3) is 5.08. The Kier molecular flexibility index (Phi) is 6.72. The molecular weight excluding hydrogens is 540 g/mol. The maximum Gasteiger partial charge on any atom is 0.573 e. The van der Waals surface area contributed by atoms with E-state index >= 15 is 4.48 Å². The lowest BCUT2D eigenvalue weighted by molar-refractivity contribution is -0.274. The number of ketones is 1. The van der Waals surface area contributed by atoms with Crippen molar-refractivity contribution in [2.24, 2.45) is 5.92 Å². The van der Waals surface area contributed by atoms with Crippen molar-refractivity contribution < 1.29 is 46.3 Å². The maximum atomic E-state index is 15.2. The minimum absolute atomic E-state index is 0.0285. The Morgan fingerprint density at radius 1 is 1.10 bits per heavy atom. The molecule has 2 heterocycles. The molecule has 1 aliphatic carbocycles. The van der Waals surface area contributed by atoms with Gasteiger partial charge in [0.05, 0.1) is 23.9 Å². The van der Waals surface area contributed by atoms with Gasteiger partial charge < -0.3 is 14.4 Å². The number of methoxy groups -OCH3 is 1. The highest BCUT2D eigenvalue weighted by Crippen LogP contribution is 2.48. The van der Waals surface area contributed by atoms with Crippen molar-refractivity contribution in [3.05, 3.63) is 53.7 Å². The van der Waals surface area contributed by atoms with Gasteiger partial charge in [-0.1, -0.05) is 10.5 Å². The molecule has 3 atom stereocenters. The molecule has 2 aliphatic rings. The zero-order valence-electron chi connectivity index (χ0n) is 21.1. The summed E-state index contributed by atoms with van der Waals surface area (Å²) in [7, 11) is 1.21. The van der Waals surface area contributed by atoms with E-state index in [4.69, 9.17) is 4.74 Å². The number of nitrogens with zero attached hydrogens (tertiary/aromatic N) is 4. The van der Waals surface area contributed by atoms with Crippen LogP contribution in [-0.2, 0) is 20.9 Å². The van der Waals surface area contributed by atoms with Crippen LogP contribution in [0.1, 0.15) is 40.6 Å². The van der Waals surface area contributed by atoms with E-state index in [0.717, 1.165) is 24.3 Å². The van der Waals surface area contributed by atoms with Gasteiger partial charge in [-0.3, -0.25) is 19.1 Å². The zero-order valence-corrected chi connectivity index (χ0v) is 21.1. The van der Waals surface area contributed by atoms with Crippen molar-refractivity contribution in [3.63, 3.8) is 0 Å². The number of carbonyl (C=O) groups excluding carboxylic acids is 4. The molecule has 1 aromatic heterocycles. The number of anilines is 1. The molecule has 0 spiro atoms. The summed E-state index contributed by atoms with van der Waals surface area (Å²) < 4.78 is 62.7. The number of carbonyl (C=O) groups is 4. The van der Waals surface area contributed by atoms with Crippen LogP contribution >= 0.6 is 0 Å². The SMILES string of the molecule is COC(=O)c1ccc2c(C(C)=O)nn(CC(=O)N3[C@@H]4C[C@@H]4C[C@H]3C(=O)N(F)c3cccc(OC(F)(F)F)c3)c2c1. The Morgan fingerprint density at radius 3 is 2.52 bits per heavy atom. The predicted molar refractivity (Wildman–Crippen MR) is 130 cm³/mol. The van der Waals surface area contributed by atoms with E-state index in [-0.39, 0.29) is 40.5 Å². The summed E-state index contributed by atoms with van der Waals surface area (Å²) >= 11 is 0. The standard InChI is InChI=1S/C26H22F4N4O6/c1-13(35)23-18-7-6-14(25(38)39-2)8-20(18)32(31-23)12-22(36)33-19-9-15(19)10-21(33)24(37)34(30)16-4-3-5-17(11-16)40-26(27,28)29/h3-8,11,15,19,21H,9-10,12H2,1-2H3/t15-,19-,21+/m1/s1. The third-order valence-corrected chi connectivity index (χ3v) is 6.94. The number of benzene rings is 2. The average Bonchev–Trinajstić information content (AvgIpc) is 3.41. The number of alkyl halides is 3. The number of hydrogen-bond acceptors (Lipinski definition) is 7. The number of rotatable bonds is 7. The molecule has 1 saturated heterocycles. The van der Waals surface area contributed by atoms with Crippen LogP contribution in [0.4, 0.5) is 23.3 Å². The van der Waals surface area contributed by atoms with E-state index in [0.29, 0.717) is 17.3 Å². The summed E-state index contributed by atoms with van der Waals surface area (Å²) in [6, 6.07) is 6.79. The highest BCUT2D eigenvalue weighted by Gasteiger charge is 2.57. The summed E-state index contributed by atoms with van der Waals surface area (Å²) in [6.45, 7) is 0.888. The normalized spacial score (nSPS) is 19.8. The van der Waals surface area contributed by atoms with Crippen LogP contribution in [0.2, 0.25) is 0 Å². The topological polar surface area (TPSA) is 111 Å². The molecule has 1 saturated carbocycles. The second kappa shape index (κ2) is 9.92. The summed E-state index contributed by atoms with van der Waals surface area (Å²) in [5.41, 5.74) is 0.0668. The number of fused-ring (bicyclic) bond motifs is 2. The number of ether oxygens (including phenoxy) is 2. The number of likely N-dealkylation sites (tertiary alicyclic amines) is 1. The van der Waals surface area contributed by atoms with E-state index in [1.165, 1.54) is 41.8 Å². The molecule has 1 aliphatic heterocycles. The fourth-order valence-corrected chi connectivity index (χ4v) is 5.11. The molecule has 2 aromatic carbocycles. The van der Waals surface area contributed by atoms with Crippen LogP contribution in [0.5, 0.6) is 5.75 Å². The minimum atomic E-state index is -5.00. The molecule has 0 N–H and O–H groups in total. The Morgan fingerprint density at radius 2 is 1.85 bits per heavy atom. The molecule has 3 aromatic rings. The van der Waals surface area contributed by atoms with Crippen molar-refractivity contribution in [3.8, 4) is 5.75 Å². The second-order valence-corrected chi connectivity index (χ2v) is 9.57. The number of esters is 1. The van der Waals surface area contributed by atoms with Crippen molar-refractivity contribution in [1.29, 1.82) is 0 Å². The van der Waals surface area contributed by atoms with Gasteiger partial charge in [-0.15, -0.1) is 18.3 Å². The first-order valence-corrected chi connectivity index (χ1v) is 12.1. The van der Waals surface area contributed by atoms with E-state index in [1.54, 1.807) is 0 Å². The summed E-state index contributed by atoms with van der Waals surface area (Å²) in [5.74, 6) is -3.44. The third-order valence-electron chi connectivity index (χ3n) is 6.94. The van der Waals surface area contributed by atoms with Gasteiger partial charge in [-0.2, -0.15) is 5.10 Å². The molecule has 210 valence electrons. The molecule has 2 fully saturated rings. The second-order valence-electron chi connectivity index (χ2n) is 9.57. The van der Waals surface area contributed by atoms with Crippen molar-refractivity contribution in [1.82, 2.24) is 14.7 Å². The number of aromatic nitrogens is 2. The molecule has 40 heavy (non-hydrogen) atoms. The van der Waals surface area contributed by atoms with Crippen LogP contribution in [0, 0.1) is 5.92 Å². The lowest BCUT2D eigenvalue weighted by atomic mass is 10.1. The van der Waals surface area contributed by atoms with Crippen molar-refractivity contribution in [2.45, 2.75) is 44.8 Å². The summed E-state index contributed by atoms with van der Waals surface area (Å²) in [4.78, 5) is 52.1. The fraction of sp³-hybridized carbons (Fsp3) is 0.346. The largest absolute Gasteiger partial charge is 0.573 e. The van der Waals surface area contributed by atoms with Crippen LogP contribution < -0.4 is 9.86 Å². The first-order valence-electron chi connectivity index (χ1n) is 12.1. The van der Waals surface area contributed by atoms with E-state index in [1.807, 2.05) is 0 Å². The molecular formula is C26H22F4N4O6. The monoisotopic (exact) mass is 562 g/mol. The number of piperidine rings is 1. The zero-order chi connectivity index (χ0) is 28.9. The molecule has 0 unspecified atom stereocenters. The number of halogens is 4. The molecule has 0 radical (unpaired) electrons. The van der Waals surface area contributed by atoms with Gasteiger partial charge in [0.1, 0.15) is 24.0 Å². The number of hydrogen-bond donors (Lipinski definition) is 0. The summed E-state index contributed by atoms with van der Waals surface area (Å²) in [5, 5.41) is 4.36. The molecule has 14 heteroatoms. The average molecular weight is 562 g/mol. The molecule has 0 bridgehead atoms. The smallest absolute Gasteiger partial charge is 0.465 e. The lowest BCUT2D eigenvalue weighted by Gasteiger charge is -2.28. The van der Waals surface area contributed by atoms with Crippen LogP contribution in [-0.4, -0.2) is 63.8 Å². The fourth-order valence-electron chi connectivity index (χ4n) is 5.11. The molecule has 10 nitrogen and oxygen atoms in total. The van der Waals surface area contributed by atoms with Gasteiger partial charge >= 0.3 is 12.3 Å². The predicted octanol–water partition coefficient (Wildman–Crippen LogP) is 3.83. The maximum absolute atomic E-state index is 15.2. The highest BCUT2D eigenvalue weighted by molar-refractivity contribution is 6.06. The van der Waals surface area contributed by atoms with Gasteiger partial charge in [0, 0.05) is 24.4 Å². The Hall–Kier alpha value is -4.49. The molecule has 2 amide bonds. The highest BCUT2D eigenvalue weighted by atomic mass is 19.4. The summed E-state index contributed by atoms with van der Waals surface area (Å²) in [6.07, 6.45) is -4.21. The minimum Gasteiger partial charge on any atom is -0.465 e. The van der Waals surface area contributed by atoms with Gasteiger partial charge in [0.2, 0.25) is 5.91 Å². The number of Topliss-reactive ketones (excluding diaryl/α,β-unsaturated/α-hetero) is 1. The van der Waals surface area contributed by atoms with Crippen LogP contribution in [0.25, 0.3) is 10.9 Å². The van der Waals surface area contributed by atoms with Crippen LogP contribution in [0.15, 0.2) is 42.5 Å². The van der Waals surface area contributed by atoms with E-state index in [2.05, 4.69) is 9.84 Å². The van der Waals surface area contributed by atoms with E-state index < -0.39 is 48.2 Å². The van der Waals surface area contributed by atoms with Gasteiger partial charge in [0.15, 0.2) is 5.78 Å². The lowest BCUT2D eigenvalue weighted by Crippen LogP contribution is -2.48. The van der Waals surface area contributed by atoms with Gasteiger partial charge in [-0.05, 0) is 49.1 Å². The van der Waals surface area contributed by atoms with Crippen LogP contribution in [0.3, 0.4) is 0 Å². The van der Waals surface area contributed by atoms with Gasteiger partial charge in [0.25, 0.3) is 5.91 Å². The van der Waals surface area contributed by atoms with E-state index in [9.17, 15) is 32.3 Å². The van der Waals surface area contributed by atoms with Crippen molar-refractivity contribution in [2.75, 3.05) is 12.2 Å². The Bertz CT molecular complexity index is 1540. The first kappa shape index (κ1) is 27.1. The molecule has 5 rings (SSSR count).